The second kappa shape index (κ2) is 6.81. The van der Waals surface area contributed by atoms with Crippen LogP contribution < -0.4 is 5.32 Å². The van der Waals surface area contributed by atoms with Crippen molar-refractivity contribution in [3.05, 3.63) is 24.0 Å². The highest BCUT2D eigenvalue weighted by atomic mass is 15.1. The Hall–Kier alpha value is -1.60. The van der Waals surface area contributed by atoms with Crippen molar-refractivity contribution in [1.82, 2.24) is 9.88 Å². The van der Waals surface area contributed by atoms with Crippen LogP contribution in [-0.2, 0) is 0 Å². The molecular weight excluding hydrogens is 200 g/mol. The molecule has 0 aliphatic carbocycles. The van der Waals surface area contributed by atoms with Crippen molar-refractivity contribution >= 4 is 5.69 Å². The highest BCUT2D eigenvalue weighted by molar-refractivity contribution is 5.55. The Balaban J connectivity index is 2.46. The van der Waals surface area contributed by atoms with Gasteiger partial charge in [0.1, 0.15) is 6.07 Å². The molecule has 0 bridgehead atoms. The molecule has 1 rings (SSSR count). The molecule has 0 fully saturated rings. The lowest BCUT2D eigenvalue weighted by atomic mass is 10.2. The highest BCUT2D eigenvalue weighted by Gasteiger charge is 2.01. The Morgan fingerprint density at radius 3 is 2.81 bits per heavy atom. The molecule has 0 aliphatic rings. The van der Waals surface area contributed by atoms with Crippen molar-refractivity contribution in [1.29, 1.82) is 5.26 Å². The van der Waals surface area contributed by atoms with Gasteiger partial charge in [0.25, 0.3) is 0 Å². The van der Waals surface area contributed by atoms with Crippen LogP contribution in [0, 0.1) is 11.3 Å². The fourth-order valence-corrected chi connectivity index (χ4v) is 1.52. The molecule has 0 unspecified atom stereocenters. The van der Waals surface area contributed by atoms with Crippen molar-refractivity contribution in [2.75, 3.05) is 31.5 Å². The fraction of sp³-hybridized carbons (Fsp3) is 0.500. The number of nitrogens with zero attached hydrogens (tertiary/aromatic N) is 3. The SMILES string of the molecule is CCN(CC)CCNc1cnccc1C#N. The summed E-state index contributed by atoms with van der Waals surface area (Å²) in [4.78, 5) is 6.33. The van der Waals surface area contributed by atoms with Crippen molar-refractivity contribution in [3.8, 4) is 6.07 Å². The maximum absolute atomic E-state index is 8.89. The average molecular weight is 218 g/mol. The molecule has 0 amide bonds. The number of hydrogen-bond acceptors (Lipinski definition) is 4. The number of aromatic nitrogens is 1. The maximum Gasteiger partial charge on any atom is 0.101 e. The van der Waals surface area contributed by atoms with Crippen LogP contribution in [-0.4, -0.2) is 36.1 Å². The summed E-state index contributed by atoms with van der Waals surface area (Å²) < 4.78 is 0. The largest absolute Gasteiger partial charge is 0.381 e. The van der Waals surface area contributed by atoms with E-state index in [1.165, 1.54) is 0 Å². The Bertz CT molecular complexity index is 352. The summed E-state index contributed by atoms with van der Waals surface area (Å²) in [5.74, 6) is 0. The second-order valence-corrected chi connectivity index (χ2v) is 3.49. The Morgan fingerprint density at radius 2 is 2.19 bits per heavy atom. The minimum absolute atomic E-state index is 0.648. The van der Waals surface area contributed by atoms with Gasteiger partial charge >= 0.3 is 0 Å². The minimum Gasteiger partial charge on any atom is -0.381 e. The van der Waals surface area contributed by atoms with E-state index in [4.69, 9.17) is 5.26 Å². The molecule has 86 valence electrons. The first kappa shape index (κ1) is 12.5. The number of likely N-dealkylation sites (N-methyl/N-ethyl adjacent to an activating group) is 1. The van der Waals surface area contributed by atoms with Gasteiger partial charge in [-0.25, -0.2) is 0 Å². The first-order valence-electron chi connectivity index (χ1n) is 5.62. The van der Waals surface area contributed by atoms with Crippen molar-refractivity contribution in [3.63, 3.8) is 0 Å². The zero-order valence-corrected chi connectivity index (χ0v) is 9.90. The van der Waals surface area contributed by atoms with Gasteiger partial charge in [0.2, 0.25) is 0 Å². The summed E-state index contributed by atoms with van der Waals surface area (Å²) in [7, 11) is 0. The molecule has 4 heteroatoms. The van der Waals surface area contributed by atoms with Crippen LogP contribution in [0.25, 0.3) is 0 Å². The van der Waals surface area contributed by atoms with Crippen LogP contribution in [0.5, 0.6) is 0 Å². The third-order valence-corrected chi connectivity index (χ3v) is 2.58. The highest BCUT2D eigenvalue weighted by Crippen LogP contribution is 2.10. The van der Waals surface area contributed by atoms with Crippen molar-refractivity contribution in [2.45, 2.75) is 13.8 Å². The maximum atomic E-state index is 8.89. The van der Waals surface area contributed by atoms with Gasteiger partial charge in [-0.2, -0.15) is 5.26 Å². The summed E-state index contributed by atoms with van der Waals surface area (Å²) >= 11 is 0. The summed E-state index contributed by atoms with van der Waals surface area (Å²) in [6, 6.07) is 3.87. The number of anilines is 1. The monoisotopic (exact) mass is 218 g/mol. The van der Waals surface area contributed by atoms with E-state index in [1.807, 2.05) is 0 Å². The van der Waals surface area contributed by atoms with Crippen LogP contribution in [0.15, 0.2) is 18.5 Å². The van der Waals surface area contributed by atoms with E-state index in [9.17, 15) is 0 Å². The van der Waals surface area contributed by atoms with Crippen LogP contribution in [0.1, 0.15) is 19.4 Å². The van der Waals surface area contributed by atoms with Crippen LogP contribution in [0.4, 0.5) is 5.69 Å². The van der Waals surface area contributed by atoms with E-state index in [0.29, 0.717) is 5.56 Å². The zero-order valence-electron chi connectivity index (χ0n) is 9.90. The first-order chi connectivity index (χ1) is 7.81. The molecular formula is C12H18N4. The van der Waals surface area contributed by atoms with Crippen molar-refractivity contribution < 1.29 is 0 Å². The summed E-state index contributed by atoms with van der Waals surface area (Å²) in [6.07, 6.45) is 3.33. The zero-order chi connectivity index (χ0) is 11.8. The van der Waals surface area contributed by atoms with Gasteiger partial charge in [-0.05, 0) is 19.2 Å². The Labute approximate surface area is 96.9 Å². The van der Waals surface area contributed by atoms with Gasteiger partial charge in [-0.3, -0.25) is 4.98 Å². The van der Waals surface area contributed by atoms with Crippen molar-refractivity contribution in [2.24, 2.45) is 0 Å². The van der Waals surface area contributed by atoms with E-state index >= 15 is 0 Å². The topological polar surface area (TPSA) is 52.0 Å². The van der Waals surface area contributed by atoms with Gasteiger partial charge in [0.05, 0.1) is 17.4 Å². The summed E-state index contributed by atoms with van der Waals surface area (Å²) in [5, 5.41) is 12.1. The minimum atomic E-state index is 0.648. The molecule has 0 atom stereocenters. The predicted molar refractivity (Wildman–Crippen MR) is 65.2 cm³/mol. The lowest BCUT2D eigenvalue weighted by Gasteiger charge is -2.18. The first-order valence-corrected chi connectivity index (χ1v) is 5.62. The molecule has 16 heavy (non-hydrogen) atoms. The van der Waals surface area contributed by atoms with Crippen LogP contribution in [0.2, 0.25) is 0 Å². The molecule has 0 radical (unpaired) electrons. The quantitative estimate of drug-likeness (QED) is 0.789. The second-order valence-electron chi connectivity index (χ2n) is 3.49. The van der Waals surface area contributed by atoms with E-state index < -0.39 is 0 Å². The van der Waals surface area contributed by atoms with Gasteiger partial charge in [0, 0.05) is 19.3 Å². The average Bonchev–Trinajstić information content (AvgIpc) is 2.35. The van der Waals surface area contributed by atoms with Gasteiger partial charge < -0.3 is 10.2 Å². The van der Waals surface area contributed by atoms with E-state index in [1.54, 1.807) is 18.5 Å². The van der Waals surface area contributed by atoms with E-state index in [0.717, 1.165) is 31.9 Å². The molecule has 1 heterocycles. The lowest BCUT2D eigenvalue weighted by molar-refractivity contribution is 0.316. The Kier molecular flexibility index (Phi) is 5.30. The molecule has 0 saturated carbocycles. The third kappa shape index (κ3) is 3.52. The molecule has 1 aromatic heterocycles. The summed E-state index contributed by atoms with van der Waals surface area (Å²) in [6.45, 7) is 8.21. The smallest absolute Gasteiger partial charge is 0.101 e. The molecule has 4 nitrogen and oxygen atoms in total. The lowest BCUT2D eigenvalue weighted by Crippen LogP contribution is -2.28. The van der Waals surface area contributed by atoms with Gasteiger partial charge in [-0.15, -0.1) is 0 Å². The number of rotatable bonds is 6. The van der Waals surface area contributed by atoms with E-state index in [-0.39, 0.29) is 0 Å². The standard InChI is InChI=1S/C12H18N4/c1-3-16(4-2)8-7-15-12-10-14-6-5-11(12)9-13/h5-6,10,15H,3-4,7-8H2,1-2H3. The molecule has 0 saturated heterocycles. The molecule has 1 aromatic rings. The number of nitrogens with one attached hydrogen (secondary N) is 1. The fourth-order valence-electron chi connectivity index (χ4n) is 1.52. The van der Waals surface area contributed by atoms with E-state index in [2.05, 4.69) is 35.1 Å². The van der Waals surface area contributed by atoms with Gasteiger partial charge in [0.15, 0.2) is 0 Å². The summed E-state index contributed by atoms with van der Waals surface area (Å²) in [5.41, 5.74) is 1.46. The number of pyridine rings is 1. The molecule has 0 aromatic carbocycles. The third-order valence-electron chi connectivity index (χ3n) is 2.58. The molecule has 1 N–H and O–H groups in total. The number of nitriles is 1. The Morgan fingerprint density at radius 1 is 1.44 bits per heavy atom. The van der Waals surface area contributed by atoms with Crippen LogP contribution in [0.3, 0.4) is 0 Å². The predicted octanol–water partition coefficient (Wildman–Crippen LogP) is 1.71. The van der Waals surface area contributed by atoms with Gasteiger partial charge in [-0.1, -0.05) is 13.8 Å². The number of hydrogen-bond donors (Lipinski definition) is 1. The molecule has 0 aliphatic heterocycles. The normalized spacial score (nSPS) is 10.1. The van der Waals surface area contributed by atoms with Crippen LogP contribution >= 0.6 is 0 Å². The molecule has 0 spiro atoms.